The summed E-state index contributed by atoms with van der Waals surface area (Å²) in [7, 11) is 0. The van der Waals surface area contributed by atoms with Gasteiger partial charge in [0.1, 0.15) is 0 Å². The molecule has 0 saturated heterocycles. The third kappa shape index (κ3) is 3.47. The molecule has 1 aromatic rings. The molecule has 0 aliphatic carbocycles. The van der Waals surface area contributed by atoms with Gasteiger partial charge >= 0.3 is 0 Å². The number of hydrogen-bond acceptors (Lipinski definition) is 4. The van der Waals surface area contributed by atoms with Crippen molar-refractivity contribution in [1.82, 2.24) is 0 Å². The predicted molar refractivity (Wildman–Crippen MR) is 59.0 cm³/mol. The summed E-state index contributed by atoms with van der Waals surface area (Å²) in [5, 5.41) is 19.3. The van der Waals surface area contributed by atoms with Crippen LogP contribution in [0.4, 0.5) is 5.69 Å². The van der Waals surface area contributed by atoms with Gasteiger partial charge in [-0.3, -0.25) is 10.1 Å². The number of hydrogen-bond donors (Lipinski definition) is 2. The van der Waals surface area contributed by atoms with E-state index < -0.39 is 11.0 Å². The number of rotatable bonds is 4. The molecule has 0 aliphatic rings. The first-order chi connectivity index (χ1) is 6.66. The molecule has 0 aromatic heterocycles. The van der Waals surface area contributed by atoms with E-state index in [4.69, 9.17) is 10.8 Å². The molecule has 0 bridgehead atoms. The van der Waals surface area contributed by atoms with Gasteiger partial charge in [-0.2, -0.15) is 0 Å². The second-order valence-corrected chi connectivity index (χ2v) is 2.93. The van der Waals surface area contributed by atoms with Gasteiger partial charge in [0.25, 0.3) is 5.69 Å². The van der Waals surface area contributed by atoms with Crippen LogP contribution in [0.25, 0.3) is 0 Å². The van der Waals surface area contributed by atoms with E-state index in [-0.39, 0.29) is 24.7 Å². The predicted octanol–water partition coefficient (Wildman–Crippen LogP) is 1.40. The summed E-state index contributed by atoms with van der Waals surface area (Å²) in [5.74, 6) is 0. The molecule has 0 heterocycles. The first-order valence-corrected chi connectivity index (χ1v) is 4.26. The summed E-state index contributed by atoms with van der Waals surface area (Å²) >= 11 is 0. The SMILES string of the molecule is Cl.N[C@H](CCO)c1ccccc1[N+](=O)[O-]. The molecule has 5 nitrogen and oxygen atoms in total. The maximum absolute atomic E-state index is 10.6. The highest BCUT2D eigenvalue weighted by molar-refractivity contribution is 5.85. The Hall–Kier alpha value is -1.17. The monoisotopic (exact) mass is 232 g/mol. The van der Waals surface area contributed by atoms with Crippen LogP contribution in [0.3, 0.4) is 0 Å². The molecule has 0 aliphatic heterocycles. The summed E-state index contributed by atoms with van der Waals surface area (Å²) in [5.41, 5.74) is 6.15. The summed E-state index contributed by atoms with van der Waals surface area (Å²) in [4.78, 5) is 10.2. The molecule has 6 heteroatoms. The minimum atomic E-state index is -0.485. The molecular weight excluding hydrogens is 220 g/mol. The number of aliphatic hydroxyl groups is 1. The number of nitrogens with zero attached hydrogens (tertiary/aromatic N) is 1. The standard InChI is InChI=1S/C9H12N2O3.ClH/c10-8(5-6-12)7-3-1-2-4-9(7)11(13)14;/h1-4,8,12H,5-6,10H2;1H/t8-;/m1./s1. The number of nitrogens with two attached hydrogens (primary N) is 1. The average molecular weight is 233 g/mol. The molecular formula is C9H13ClN2O3. The van der Waals surface area contributed by atoms with Crippen molar-refractivity contribution in [2.24, 2.45) is 5.73 Å². The first kappa shape index (κ1) is 13.8. The summed E-state index contributed by atoms with van der Waals surface area (Å²) < 4.78 is 0. The second kappa shape index (κ2) is 6.34. The Balaban J connectivity index is 0.00000196. The van der Waals surface area contributed by atoms with Crippen molar-refractivity contribution >= 4 is 18.1 Å². The summed E-state index contributed by atoms with van der Waals surface area (Å²) in [6, 6.07) is 5.82. The van der Waals surface area contributed by atoms with Crippen molar-refractivity contribution in [3.05, 3.63) is 39.9 Å². The molecule has 0 spiro atoms. The van der Waals surface area contributed by atoms with E-state index in [1.165, 1.54) is 6.07 Å². The molecule has 0 unspecified atom stereocenters. The largest absolute Gasteiger partial charge is 0.396 e. The Labute approximate surface area is 93.5 Å². The molecule has 0 radical (unpaired) electrons. The fraction of sp³-hybridized carbons (Fsp3) is 0.333. The molecule has 15 heavy (non-hydrogen) atoms. The van der Waals surface area contributed by atoms with Gasteiger partial charge in [-0.1, -0.05) is 18.2 Å². The van der Waals surface area contributed by atoms with Crippen LogP contribution in [0.15, 0.2) is 24.3 Å². The minimum absolute atomic E-state index is 0. The van der Waals surface area contributed by atoms with Gasteiger partial charge in [-0.15, -0.1) is 12.4 Å². The number of nitro groups is 1. The quantitative estimate of drug-likeness (QED) is 0.607. The van der Waals surface area contributed by atoms with Gasteiger partial charge in [-0.05, 0) is 6.42 Å². The first-order valence-electron chi connectivity index (χ1n) is 4.26. The van der Waals surface area contributed by atoms with Crippen molar-refractivity contribution in [2.45, 2.75) is 12.5 Å². The van der Waals surface area contributed by atoms with Crippen LogP contribution in [-0.4, -0.2) is 16.6 Å². The fourth-order valence-electron chi connectivity index (χ4n) is 1.26. The van der Waals surface area contributed by atoms with Crippen molar-refractivity contribution in [3.63, 3.8) is 0 Å². The van der Waals surface area contributed by atoms with Gasteiger partial charge in [0.2, 0.25) is 0 Å². The molecule has 1 aromatic carbocycles. The topological polar surface area (TPSA) is 89.4 Å². The number of halogens is 1. The number of para-hydroxylation sites is 1. The third-order valence-electron chi connectivity index (χ3n) is 1.97. The van der Waals surface area contributed by atoms with Crippen molar-refractivity contribution < 1.29 is 10.0 Å². The number of nitro benzene ring substituents is 1. The van der Waals surface area contributed by atoms with Gasteiger partial charge in [0, 0.05) is 24.3 Å². The lowest BCUT2D eigenvalue weighted by atomic mass is 10.0. The molecule has 0 amide bonds. The Morgan fingerprint density at radius 1 is 1.47 bits per heavy atom. The van der Waals surface area contributed by atoms with Crippen LogP contribution in [-0.2, 0) is 0 Å². The van der Waals surface area contributed by atoms with Crippen LogP contribution >= 0.6 is 12.4 Å². The highest BCUT2D eigenvalue weighted by Gasteiger charge is 2.17. The van der Waals surface area contributed by atoms with E-state index in [9.17, 15) is 10.1 Å². The number of aliphatic hydroxyl groups excluding tert-OH is 1. The van der Waals surface area contributed by atoms with Crippen molar-refractivity contribution in [3.8, 4) is 0 Å². The maximum Gasteiger partial charge on any atom is 0.274 e. The van der Waals surface area contributed by atoms with E-state index in [1.54, 1.807) is 18.2 Å². The van der Waals surface area contributed by atoms with Crippen molar-refractivity contribution in [2.75, 3.05) is 6.61 Å². The summed E-state index contributed by atoms with van der Waals surface area (Å²) in [6.45, 7) is -0.0762. The van der Waals surface area contributed by atoms with Gasteiger partial charge in [-0.25, -0.2) is 0 Å². The summed E-state index contributed by atoms with van der Waals surface area (Å²) in [6.07, 6.45) is 0.324. The van der Waals surface area contributed by atoms with E-state index in [2.05, 4.69) is 0 Å². The third-order valence-corrected chi connectivity index (χ3v) is 1.97. The second-order valence-electron chi connectivity index (χ2n) is 2.93. The maximum atomic E-state index is 10.6. The lowest BCUT2D eigenvalue weighted by molar-refractivity contribution is -0.385. The molecule has 0 fully saturated rings. The number of benzene rings is 1. The van der Waals surface area contributed by atoms with E-state index in [0.29, 0.717) is 12.0 Å². The molecule has 1 atom stereocenters. The van der Waals surface area contributed by atoms with Gasteiger partial charge in [0.15, 0.2) is 0 Å². The smallest absolute Gasteiger partial charge is 0.274 e. The lowest BCUT2D eigenvalue weighted by Crippen LogP contribution is -2.13. The van der Waals surface area contributed by atoms with E-state index in [0.717, 1.165) is 0 Å². The van der Waals surface area contributed by atoms with Crippen molar-refractivity contribution in [1.29, 1.82) is 0 Å². The Morgan fingerprint density at radius 3 is 2.60 bits per heavy atom. The lowest BCUT2D eigenvalue weighted by Gasteiger charge is -2.09. The highest BCUT2D eigenvalue weighted by Crippen LogP contribution is 2.24. The van der Waals surface area contributed by atoms with Gasteiger partial charge < -0.3 is 10.8 Å². The van der Waals surface area contributed by atoms with E-state index >= 15 is 0 Å². The Morgan fingerprint density at radius 2 is 2.07 bits per heavy atom. The van der Waals surface area contributed by atoms with Crippen LogP contribution in [0, 0.1) is 10.1 Å². The van der Waals surface area contributed by atoms with Gasteiger partial charge in [0.05, 0.1) is 4.92 Å². The molecule has 3 N–H and O–H groups in total. The zero-order chi connectivity index (χ0) is 10.6. The van der Waals surface area contributed by atoms with Crippen LogP contribution in [0.1, 0.15) is 18.0 Å². The molecule has 84 valence electrons. The highest BCUT2D eigenvalue weighted by atomic mass is 35.5. The van der Waals surface area contributed by atoms with Crippen LogP contribution in [0.5, 0.6) is 0 Å². The Kier molecular flexibility index (Phi) is 5.84. The zero-order valence-electron chi connectivity index (χ0n) is 8.00. The van der Waals surface area contributed by atoms with E-state index in [1.807, 2.05) is 0 Å². The molecule has 0 saturated carbocycles. The average Bonchev–Trinajstić information content (AvgIpc) is 2.18. The molecule has 1 rings (SSSR count). The minimum Gasteiger partial charge on any atom is -0.396 e. The van der Waals surface area contributed by atoms with Crippen LogP contribution < -0.4 is 5.73 Å². The van der Waals surface area contributed by atoms with Crippen LogP contribution in [0.2, 0.25) is 0 Å². The zero-order valence-corrected chi connectivity index (χ0v) is 8.81. The normalized spacial score (nSPS) is 11.6. The fourth-order valence-corrected chi connectivity index (χ4v) is 1.26. The Bertz CT molecular complexity index is 333.